The van der Waals surface area contributed by atoms with Crippen LogP contribution in [0.1, 0.15) is 20.3 Å². The Hall–Kier alpha value is -1.26. The standard InChI is InChI=1S/C8H18N4O/c1-6(2)5-7(13)11-3-4-12-8(9)10/h6H,3-5H2,1-2H3,(H,11,13)(H4,9,10,12). The molecule has 0 unspecified atom stereocenters. The summed E-state index contributed by atoms with van der Waals surface area (Å²) in [6.07, 6.45) is 0.543. The molecule has 0 fully saturated rings. The van der Waals surface area contributed by atoms with Crippen LogP contribution in [-0.2, 0) is 4.79 Å². The van der Waals surface area contributed by atoms with Crippen LogP contribution in [0.3, 0.4) is 0 Å². The Morgan fingerprint density at radius 2 is 2.08 bits per heavy atom. The largest absolute Gasteiger partial charge is 0.370 e. The Balaban J connectivity index is 3.43. The van der Waals surface area contributed by atoms with Crippen molar-refractivity contribution in [2.24, 2.45) is 22.4 Å². The molecular weight excluding hydrogens is 168 g/mol. The van der Waals surface area contributed by atoms with Gasteiger partial charge in [-0.2, -0.15) is 0 Å². The molecule has 0 bridgehead atoms. The lowest BCUT2D eigenvalue weighted by molar-refractivity contribution is -0.121. The molecule has 5 N–H and O–H groups in total. The molecule has 0 aromatic rings. The van der Waals surface area contributed by atoms with Gasteiger partial charge < -0.3 is 16.8 Å². The average Bonchev–Trinajstić information content (AvgIpc) is 1.96. The van der Waals surface area contributed by atoms with Crippen LogP contribution in [0.25, 0.3) is 0 Å². The first-order chi connectivity index (χ1) is 6.02. The van der Waals surface area contributed by atoms with Crippen LogP contribution in [0.15, 0.2) is 4.99 Å². The van der Waals surface area contributed by atoms with Crippen molar-refractivity contribution < 1.29 is 4.79 Å². The highest BCUT2D eigenvalue weighted by atomic mass is 16.1. The summed E-state index contributed by atoms with van der Waals surface area (Å²) >= 11 is 0. The molecule has 5 nitrogen and oxygen atoms in total. The lowest BCUT2D eigenvalue weighted by Gasteiger charge is -2.05. The fraction of sp³-hybridized carbons (Fsp3) is 0.750. The van der Waals surface area contributed by atoms with Crippen molar-refractivity contribution >= 4 is 11.9 Å². The lowest BCUT2D eigenvalue weighted by Crippen LogP contribution is -2.29. The average molecular weight is 186 g/mol. The third-order valence-electron chi connectivity index (χ3n) is 1.32. The first-order valence-electron chi connectivity index (χ1n) is 4.34. The van der Waals surface area contributed by atoms with Crippen molar-refractivity contribution in [2.75, 3.05) is 13.1 Å². The maximum absolute atomic E-state index is 11.1. The van der Waals surface area contributed by atoms with Crippen molar-refractivity contribution in [1.82, 2.24) is 5.32 Å². The van der Waals surface area contributed by atoms with E-state index in [0.29, 0.717) is 25.4 Å². The number of guanidine groups is 1. The van der Waals surface area contributed by atoms with Crippen LogP contribution in [0.2, 0.25) is 0 Å². The fourth-order valence-corrected chi connectivity index (χ4v) is 0.823. The summed E-state index contributed by atoms with van der Waals surface area (Å²) in [5.74, 6) is 0.474. The van der Waals surface area contributed by atoms with Gasteiger partial charge in [-0.05, 0) is 5.92 Å². The van der Waals surface area contributed by atoms with Crippen molar-refractivity contribution in [3.05, 3.63) is 0 Å². The van der Waals surface area contributed by atoms with Gasteiger partial charge in [0.05, 0.1) is 6.54 Å². The van der Waals surface area contributed by atoms with Gasteiger partial charge in [0.25, 0.3) is 0 Å². The minimum atomic E-state index is 0.0424. The maximum atomic E-state index is 11.1. The maximum Gasteiger partial charge on any atom is 0.220 e. The van der Waals surface area contributed by atoms with Gasteiger partial charge in [-0.15, -0.1) is 0 Å². The van der Waals surface area contributed by atoms with Crippen LogP contribution >= 0.6 is 0 Å². The Labute approximate surface area is 78.6 Å². The molecular formula is C8H18N4O. The molecule has 0 aliphatic carbocycles. The van der Waals surface area contributed by atoms with Gasteiger partial charge in [0.15, 0.2) is 5.96 Å². The van der Waals surface area contributed by atoms with Gasteiger partial charge in [-0.1, -0.05) is 13.8 Å². The molecule has 0 aliphatic heterocycles. The van der Waals surface area contributed by atoms with Gasteiger partial charge >= 0.3 is 0 Å². The SMILES string of the molecule is CC(C)CC(=O)NCCN=C(N)N. The monoisotopic (exact) mass is 186 g/mol. The molecule has 5 heteroatoms. The summed E-state index contributed by atoms with van der Waals surface area (Å²) in [6.45, 7) is 4.92. The van der Waals surface area contributed by atoms with E-state index >= 15 is 0 Å². The Morgan fingerprint density at radius 3 is 2.54 bits per heavy atom. The smallest absolute Gasteiger partial charge is 0.220 e. The second-order valence-corrected chi connectivity index (χ2v) is 3.25. The zero-order valence-corrected chi connectivity index (χ0v) is 8.21. The van der Waals surface area contributed by atoms with E-state index in [1.807, 2.05) is 13.8 Å². The number of aliphatic imine (C=N–C) groups is 1. The van der Waals surface area contributed by atoms with Crippen LogP contribution in [-0.4, -0.2) is 25.0 Å². The molecule has 0 aromatic heterocycles. The number of amides is 1. The third kappa shape index (κ3) is 8.65. The van der Waals surface area contributed by atoms with Gasteiger partial charge in [0, 0.05) is 13.0 Å². The van der Waals surface area contributed by atoms with E-state index in [1.54, 1.807) is 0 Å². The number of carbonyl (C=O) groups excluding carboxylic acids is 1. The Morgan fingerprint density at radius 1 is 1.46 bits per heavy atom. The van der Waals surface area contributed by atoms with Crippen molar-refractivity contribution in [3.8, 4) is 0 Å². The summed E-state index contributed by atoms with van der Waals surface area (Å²) in [6, 6.07) is 0. The second-order valence-electron chi connectivity index (χ2n) is 3.25. The van der Waals surface area contributed by atoms with E-state index in [1.165, 1.54) is 0 Å². The van der Waals surface area contributed by atoms with Gasteiger partial charge in [-0.3, -0.25) is 9.79 Å². The zero-order valence-electron chi connectivity index (χ0n) is 8.21. The highest BCUT2D eigenvalue weighted by Crippen LogP contribution is 1.97. The van der Waals surface area contributed by atoms with Crippen molar-refractivity contribution in [1.29, 1.82) is 0 Å². The van der Waals surface area contributed by atoms with Gasteiger partial charge in [0.1, 0.15) is 0 Å². The summed E-state index contributed by atoms with van der Waals surface area (Å²) in [5.41, 5.74) is 10.2. The van der Waals surface area contributed by atoms with Crippen LogP contribution < -0.4 is 16.8 Å². The Bertz CT molecular complexity index is 185. The highest BCUT2D eigenvalue weighted by molar-refractivity contribution is 5.76. The molecule has 0 spiro atoms. The predicted molar refractivity (Wildman–Crippen MR) is 53.1 cm³/mol. The molecule has 0 saturated heterocycles. The van der Waals surface area contributed by atoms with Crippen molar-refractivity contribution in [2.45, 2.75) is 20.3 Å². The number of rotatable bonds is 5. The zero-order chi connectivity index (χ0) is 10.3. The molecule has 76 valence electrons. The highest BCUT2D eigenvalue weighted by Gasteiger charge is 2.02. The number of nitrogens with two attached hydrogens (primary N) is 2. The van der Waals surface area contributed by atoms with Crippen molar-refractivity contribution in [3.63, 3.8) is 0 Å². The summed E-state index contributed by atoms with van der Waals surface area (Å²) in [5, 5.41) is 2.71. The molecule has 0 aliphatic rings. The molecule has 0 heterocycles. The topological polar surface area (TPSA) is 93.5 Å². The van der Waals surface area contributed by atoms with E-state index in [2.05, 4.69) is 10.3 Å². The fourth-order valence-electron chi connectivity index (χ4n) is 0.823. The second kappa shape index (κ2) is 6.28. The number of carbonyl (C=O) groups is 1. The molecule has 0 rings (SSSR count). The van der Waals surface area contributed by atoms with E-state index in [9.17, 15) is 4.79 Å². The van der Waals surface area contributed by atoms with E-state index < -0.39 is 0 Å². The lowest BCUT2D eigenvalue weighted by atomic mass is 10.1. The molecule has 0 aromatic carbocycles. The molecule has 0 radical (unpaired) electrons. The van der Waals surface area contributed by atoms with Gasteiger partial charge in [-0.25, -0.2) is 0 Å². The van der Waals surface area contributed by atoms with Crippen LogP contribution in [0.4, 0.5) is 0 Å². The van der Waals surface area contributed by atoms with E-state index in [4.69, 9.17) is 11.5 Å². The van der Waals surface area contributed by atoms with Crippen LogP contribution in [0, 0.1) is 5.92 Å². The molecule has 0 atom stereocenters. The summed E-state index contributed by atoms with van der Waals surface area (Å²) in [4.78, 5) is 14.8. The number of hydrogen-bond donors (Lipinski definition) is 3. The predicted octanol–water partition coefficient (Wildman–Crippen LogP) is -0.578. The number of nitrogens with one attached hydrogen (secondary N) is 1. The van der Waals surface area contributed by atoms with E-state index in [0.717, 1.165) is 0 Å². The number of hydrogen-bond acceptors (Lipinski definition) is 2. The minimum absolute atomic E-state index is 0.0424. The summed E-state index contributed by atoms with van der Waals surface area (Å²) in [7, 11) is 0. The molecule has 1 amide bonds. The normalized spacial score (nSPS) is 9.77. The van der Waals surface area contributed by atoms with E-state index in [-0.39, 0.29) is 11.9 Å². The summed E-state index contributed by atoms with van der Waals surface area (Å²) < 4.78 is 0. The first kappa shape index (κ1) is 11.7. The third-order valence-corrected chi connectivity index (χ3v) is 1.32. The van der Waals surface area contributed by atoms with Gasteiger partial charge in [0.2, 0.25) is 5.91 Å². The Kier molecular flexibility index (Phi) is 5.67. The minimum Gasteiger partial charge on any atom is -0.370 e. The van der Waals surface area contributed by atoms with Crippen LogP contribution in [0.5, 0.6) is 0 Å². The number of nitrogens with zero attached hydrogens (tertiary/aromatic N) is 1. The molecule has 13 heavy (non-hydrogen) atoms. The first-order valence-corrected chi connectivity index (χ1v) is 4.34. The quantitative estimate of drug-likeness (QED) is 0.305. The molecule has 0 saturated carbocycles.